The van der Waals surface area contributed by atoms with E-state index >= 15 is 8.78 Å². The molecule has 110 heavy (non-hydrogen) atoms. The summed E-state index contributed by atoms with van der Waals surface area (Å²) in [6.45, 7) is 24.0. The Morgan fingerprint density at radius 2 is 1.02 bits per heavy atom. The number of amides is 2. The van der Waals surface area contributed by atoms with Gasteiger partial charge in [-0.25, -0.2) is 37.1 Å². The van der Waals surface area contributed by atoms with E-state index in [1.807, 2.05) is 55.4 Å². The predicted molar refractivity (Wildman–Crippen MR) is 406 cm³/mol. The van der Waals surface area contributed by atoms with Crippen LogP contribution in [0.3, 0.4) is 0 Å². The van der Waals surface area contributed by atoms with Gasteiger partial charge in [-0.15, -0.1) is 0 Å². The monoisotopic (exact) mass is 1550 g/mol. The molecule has 0 bridgehead atoms. The summed E-state index contributed by atoms with van der Waals surface area (Å²) in [5.74, 6) is -3.23. The topological polar surface area (TPSA) is 317 Å². The average Bonchev–Trinajstić information content (AvgIpc) is 0.875. The number of rotatable bonds is 18. The fourth-order valence-corrected chi connectivity index (χ4v) is 13.0. The number of nitro groups is 2. The molecule has 0 radical (unpaired) electrons. The van der Waals surface area contributed by atoms with Gasteiger partial charge in [-0.3, -0.25) is 39.0 Å². The molecule has 8 aromatic rings. The summed E-state index contributed by atoms with van der Waals surface area (Å²) in [6, 6.07) is 22.3. The number of methoxy groups -OCH3 is 2. The minimum atomic E-state index is -1.08. The maximum Gasteiger partial charge on any atom is 0.501 e. The van der Waals surface area contributed by atoms with Gasteiger partial charge in [0.15, 0.2) is 41.7 Å². The van der Waals surface area contributed by atoms with Gasteiger partial charge >= 0.3 is 41.8 Å². The third kappa shape index (κ3) is 17.9. The molecule has 0 aliphatic carbocycles. The molecule has 4 aromatic carbocycles. The van der Waals surface area contributed by atoms with Crippen LogP contribution in [-0.2, 0) is 28.3 Å². The second-order valence-electron chi connectivity index (χ2n) is 29.8. The maximum absolute atomic E-state index is 16.4. The third-order valence-electron chi connectivity index (χ3n) is 18.7. The lowest BCUT2D eigenvalue weighted by molar-refractivity contribution is -0.385. The molecule has 3 aliphatic rings. The standard InChI is InChI=1S/C35H39F2N5O8.C27H31ClFN5O6.C14H20BFO4/c1-20(2)22-10-7-8-12-26(22)41-32-23(16-25(37)29(38-32)28-24(36)11-9-13-27(28)49-19-48-6)30(31(33(41)44)42(46)47)40-15-14-39(17-21(40)18-43)34(45)50-35(3,4)5;1-15(2)17-8-6-7-9-20(17)33-24-18(12-19(29)23(28)30-24)21(22(25(33)36)34(38)39)32-11-10-31(13-16(32)14-35)26(37)40-27(3,4)5;1-13(2)14(3,4)20-15(19-13)12-10(16)7-6-8-11(12)18-9-17-5/h7-13,16,20-21,43H,14-15,17-19H2,1-6H3;6-9,12,15-16,35H,10-11,13-14H2,1-5H3;6-8H,9H2,1-5H3/t21-;16-;/m11./s1. The van der Waals surface area contributed by atoms with Gasteiger partial charge < -0.3 is 67.5 Å². The van der Waals surface area contributed by atoms with Crippen molar-refractivity contribution in [1.82, 2.24) is 28.9 Å². The van der Waals surface area contributed by atoms with Crippen molar-refractivity contribution < 1.29 is 84.9 Å². The number of carbonyl (C=O) groups excluding carboxylic acids is 2. The Hall–Kier alpha value is -10.0. The molecule has 11 rings (SSSR count). The molecular weight excluding hydrogens is 1460 g/mol. The van der Waals surface area contributed by atoms with Crippen LogP contribution < -0.4 is 35.9 Å². The lowest BCUT2D eigenvalue weighted by Crippen LogP contribution is -2.57. The molecule has 0 spiro atoms. The van der Waals surface area contributed by atoms with Crippen LogP contribution in [0, 0.1) is 43.5 Å². The van der Waals surface area contributed by atoms with Crippen LogP contribution in [0.5, 0.6) is 11.5 Å². The largest absolute Gasteiger partial charge is 0.501 e. The highest BCUT2D eigenvalue weighted by molar-refractivity contribution is 6.63. The van der Waals surface area contributed by atoms with Crippen molar-refractivity contribution in [2.75, 3.05) is 90.1 Å². The first-order chi connectivity index (χ1) is 51.7. The van der Waals surface area contributed by atoms with E-state index in [9.17, 15) is 58.4 Å². The second-order valence-corrected chi connectivity index (χ2v) is 30.2. The second kappa shape index (κ2) is 34.1. The molecule has 0 saturated carbocycles. The zero-order chi connectivity index (χ0) is 81.0. The van der Waals surface area contributed by atoms with Gasteiger partial charge in [0, 0.05) is 53.5 Å². The van der Waals surface area contributed by atoms with E-state index in [-0.39, 0.29) is 121 Å². The molecule has 3 aliphatic heterocycles. The Balaban J connectivity index is 0.000000206. The Kier molecular flexibility index (Phi) is 26.0. The van der Waals surface area contributed by atoms with Crippen LogP contribution in [0.1, 0.15) is 120 Å². The number of pyridine rings is 4. The van der Waals surface area contributed by atoms with Crippen LogP contribution in [0.15, 0.2) is 107 Å². The molecule has 34 heteroatoms. The lowest BCUT2D eigenvalue weighted by atomic mass is 9.78. The summed E-state index contributed by atoms with van der Waals surface area (Å²) in [6.07, 6.45) is -1.26. The lowest BCUT2D eigenvalue weighted by Gasteiger charge is -2.42. The minimum Gasteiger partial charge on any atom is -0.468 e. The number of ether oxygens (including phenoxy) is 6. The number of nitrogens with zero attached hydrogens (tertiary/aromatic N) is 10. The highest BCUT2D eigenvalue weighted by Gasteiger charge is 2.53. The molecule has 3 saturated heterocycles. The number of anilines is 2. The number of benzene rings is 4. The van der Waals surface area contributed by atoms with Gasteiger partial charge in [0.05, 0.1) is 79.5 Å². The Morgan fingerprint density at radius 1 is 0.609 bits per heavy atom. The minimum absolute atomic E-state index is 0.00328. The molecule has 4 aromatic heterocycles. The van der Waals surface area contributed by atoms with Crippen molar-refractivity contribution in [3.63, 3.8) is 0 Å². The van der Waals surface area contributed by atoms with Crippen LogP contribution in [0.25, 0.3) is 44.7 Å². The van der Waals surface area contributed by atoms with E-state index in [1.165, 1.54) is 52.0 Å². The SMILES string of the molecule is CC(C)c1ccccc1-n1c(=O)c([N+](=O)[O-])c(N2CCN(C(=O)OC(C)(C)C)C[C@@H]2CO)c2cc(F)c(Cl)nc21.COCOc1cccc(F)c1-c1nc2c(cc1F)c(N1CCN(C(=O)OC(C)(C)C)C[C@@H]1CO)c([N+](=O)[O-])c(=O)n2-c1ccccc1C(C)C.COCOc1cccc(F)c1B1OC(C)(C)C(C)(C)O1. The fourth-order valence-electron chi connectivity index (χ4n) is 12.9. The van der Waals surface area contributed by atoms with E-state index in [4.69, 9.17) is 49.3 Å². The normalized spacial score (nSPS) is 16.4. The first-order valence-corrected chi connectivity index (χ1v) is 35.7. The molecule has 590 valence electrons. The molecular formula is C76H90BClF4N10O18. The highest BCUT2D eigenvalue weighted by atomic mass is 35.5. The van der Waals surface area contributed by atoms with E-state index in [2.05, 4.69) is 9.97 Å². The predicted octanol–water partition coefficient (Wildman–Crippen LogP) is 12.5. The first kappa shape index (κ1) is 84.0. The number of hydrogen-bond donors (Lipinski definition) is 2. The van der Waals surface area contributed by atoms with E-state index in [1.54, 1.807) is 102 Å². The van der Waals surface area contributed by atoms with Gasteiger partial charge in [-0.1, -0.05) is 87.8 Å². The number of aliphatic hydroxyl groups excluding tert-OH is 2. The molecule has 0 unspecified atom stereocenters. The number of piperazine rings is 2. The zero-order valence-corrected chi connectivity index (χ0v) is 64.7. The Bertz CT molecular complexity index is 4890. The molecule has 2 N–H and O–H groups in total. The quantitative estimate of drug-likeness (QED) is 0.0201. The van der Waals surface area contributed by atoms with Crippen molar-refractivity contribution in [2.45, 2.75) is 143 Å². The Labute approximate surface area is 637 Å². The van der Waals surface area contributed by atoms with E-state index in [0.29, 0.717) is 17.0 Å². The highest BCUT2D eigenvalue weighted by Crippen LogP contribution is 2.44. The summed E-state index contributed by atoms with van der Waals surface area (Å²) in [5.41, 5.74) is -5.76. The smallest absolute Gasteiger partial charge is 0.468 e. The van der Waals surface area contributed by atoms with E-state index < -0.39 is 133 Å². The van der Waals surface area contributed by atoms with Crippen LogP contribution in [0.2, 0.25) is 5.15 Å². The summed E-state index contributed by atoms with van der Waals surface area (Å²) in [7, 11) is 2.07. The van der Waals surface area contributed by atoms with Crippen molar-refractivity contribution in [1.29, 1.82) is 0 Å². The summed E-state index contributed by atoms with van der Waals surface area (Å²) in [5, 5.41) is 45.4. The van der Waals surface area contributed by atoms with E-state index in [0.717, 1.165) is 32.9 Å². The van der Waals surface area contributed by atoms with Crippen molar-refractivity contribution in [2.24, 2.45) is 0 Å². The van der Waals surface area contributed by atoms with Gasteiger partial charge in [0.25, 0.3) is 0 Å². The summed E-state index contributed by atoms with van der Waals surface area (Å²) in [4.78, 5) is 92.0. The van der Waals surface area contributed by atoms with Gasteiger partial charge in [-0.05, 0) is 141 Å². The van der Waals surface area contributed by atoms with Gasteiger partial charge in [0.1, 0.15) is 51.4 Å². The van der Waals surface area contributed by atoms with Crippen LogP contribution in [0.4, 0.5) is 49.9 Å². The zero-order valence-electron chi connectivity index (χ0n) is 64.0. The van der Waals surface area contributed by atoms with Crippen LogP contribution >= 0.6 is 11.6 Å². The number of halogens is 5. The number of fused-ring (bicyclic) bond motifs is 2. The molecule has 3 fully saturated rings. The maximum atomic E-state index is 16.4. The molecule has 28 nitrogen and oxygen atoms in total. The Morgan fingerprint density at radius 3 is 1.44 bits per heavy atom. The molecule has 7 heterocycles. The van der Waals surface area contributed by atoms with Crippen molar-refractivity contribution >= 4 is 81.2 Å². The number of aromatic nitrogens is 4. The molecule has 2 atom stereocenters. The summed E-state index contributed by atoms with van der Waals surface area (Å²) >= 11 is 6.06. The van der Waals surface area contributed by atoms with Gasteiger partial charge in [-0.2, -0.15) is 0 Å². The van der Waals surface area contributed by atoms with Gasteiger partial charge in [0.2, 0.25) is 0 Å². The number of hydrogen-bond acceptors (Lipinski definition) is 22. The third-order valence-corrected chi connectivity index (χ3v) is 18.9. The first-order valence-electron chi connectivity index (χ1n) is 35.3. The number of aliphatic hydroxyl groups is 2. The number of carbonyl (C=O) groups is 2. The molecule has 2 amide bonds. The van der Waals surface area contributed by atoms with Crippen molar-refractivity contribution in [3.8, 4) is 34.1 Å². The fraction of sp³-hybridized carbons (Fsp3) is 0.447. The average molecular weight is 1550 g/mol. The van der Waals surface area contributed by atoms with Crippen LogP contribution in [-0.4, -0.2) is 183 Å². The van der Waals surface area contributed by atoms with Crippen molar-refractivity contribution in [3.05, 3.63) is 178 Å². The number of para-hydroxylation sites is 2. The summed E-state index contributed by atoms with van der Waals surface area (Å²) < 4.78 is 106.